The Balaban J connectivity index is 1.72. The molecule has 1 aliphatic heterocycles. The third-order valence-corrected chi connectivity index (χ3v) is 3.42. The SMILES string of the molecule is CC(NC(=O)c1ccc2c(c1)OCO2)c1ccc(N)cc1. The van der Waals surface area contributed by atoms with Crippen molar-refractivity contribution in [1.82, 2.24) is 5.32 Å². The highest BCUT2D eigenvalue weighted by Gasteiger charge is 2.17. The standard InChI is InChI=1S/C16H16N2O3/c1-10(11-2-5-13(17)6-3-11)18-16(19)12-4-7-14-15(8-12)21-9-20-14/h2-8,10H,9,17H2,1H3,(H,18,19). The third kappa shape index (κ3) is 2.76. The molecular weight excluding hydrogens is 268 g/mol. The largest absolute Gasteiger partial charge is 0.454 e. The van der Waals surface area contributed by atoms with E-state index in [4.69, 9.17) is 15.2 Å². The van der Waals surface area contributed by atoms with Crippen LogP contribution in [-0.2, 0) is 0 Å². The van der Waals surface area contributed by atoms with E-state index < -0.39 is 0 Å². The quantitative estimate of drug-likeness (QED) is 0.849. The molecule has 1 unspecified atom stereocenters. The lowest BCUT2D eigenvalue weighted by molar-refractivity contribution is 0.0939. The summed E-state index contributed by atoms with van der Waals surface area (Å²) in [6.45, 7) is 2.12. The molecule has 2 aromatic rings. The minimum absolute atomic E-state index is 0.108. The van der Waals surface area contributed by atoms with Crippen LogP contribution in [0.5, 0.6) is 11.5 Å². The van der Waals surface area contributed by atoms with E-state index in [-0.39, 0.29) is 18.7 Å². The van der Waals surface area contributed by atoms with Gasteiger partial charge in [0.05, 0.1) is 6.04 Å². The number of benzene rings is 2. The number of carbonyl (C=O) groups excluding carboxylic acids is 1. The van der Waals surface area contributed by atoms with Crippen LogP contribution in [0.2, 0.25) is 0 Å². The second-order valence-corrected chi connectivity index (χ2v) is 4.93. The number of amides is 1. The van der Waals surface area contributed by atoms with Crippen molar-refractivity contribution < 1.29 is 14.3 Å². The zero-order valence-corrected chi connectivity index (χ0v) is 11.6. The van der Waals surface area contributed by atoms with Crippen LogP contribution in [-0.4, -0.2) is 12.7 Å². The van der Waals surface area contributed by atoms with Gasteiger partial charge in [-0.2, -0.15) is 0 Å². The van der Waals surface area contributed by atoms with Gasteiger partial charge in [0.2, 0.25) is 6.79 Å². The smallest absolute Gasteiger partial charge is 0.251 e. The Hall–Kier alpha value is -2.69. The van der Waals surface area contributed by atoms with Crippen molar-refractivity contribution in [3.63, 3.8) is 0 Å². The number of nitrogens with one attached hydrogen (secondary N) is 1. The summed E-state index contributed by atoms with van der Waals surface area (Å²) in [7, 11) is 0. The monoisotopic (exact) mass is 284 g/mol. The van der Waals surface area contributed by atoms with Gasteiger partial charge in [-0.25, -0.2) is 0 Å². The maximum absolute atomic E-state index is 12.3. The summed E-state index contributed by atoms with van der Waals surface area (Å²) < 4.78 is 10.5. The number of hydrogen-bond acceptors (Lipinski definition) is 4. The van der Waals surface area contributed by atoms with Crippen LogP contribution in [0.15, 0.2) is 42.5 Å². The minimum atomic E-state index is -0.155. The molecule has 0 saturated carbocycles. The topological polar surface area (TPSA) is 73.6 Å². The Morgan fingerprint density at radius 3 is 2.62 bits per heavy atom. The molecule has 0 saturated heterocycles. The van der Waals surface area contributed by atoms with Gasteiger partial charge in [-0.3, -0.25) is 4.79 Å². The number of anilines is 1. The summed E-state index contributed by atoms with van der Waals surface area (Å²) in [6, 6.07) is 12.5. The van der Waals surface area contributed by atoms with Crippen LogP contribution in [0.4, 0.5) is 5.69 Å². The van der Waals surface area contributed by atoms with Gasteiger partial charge >= 0.3 is 0 Å². The molecule has 0 bridgehead atoms. The molecule has 1 atom stereocenters. The fraction of sp³-hybridized carbons (Fsp3) is 0.188. The molecule has 3 N–H and O–H groups in total. The van der Waals surface area contributed by atoms with Crippen molar-refractivity contribution in [3.05, 3.63) is 53.6 Å². The van der Waals surface area contributed by atoms with Crippen LogP contribution in [0, 0.1) is 0 Å². The molecule has 0 fully saturated rings. The number of nitrogen functional groups attached to an aromatic ring is 1. The van der Waals surface area contributed by atoms with Crippen LogP contribution < -0.4 is 20.5 Å². The highest BCUT2D eigenvalue weighted by Crippen LogP contribution is 2.32. The fourth-order valence-electron chi connectivity index (χ4n) is 2.19. The third-order valence-electron chi connectivity index (χ3n) is 3.42. The van der Waals surface area contributed by atoms with Crippen LogP contribution in [0.1, 0.15) is 28.9 Å². The second kappa shape index (κ2) is 5.36. The van der Waals surface area contributed by atoms with Crippen molar-refractivity contribution >= 4 is 11.6 Å². The number of ether oxygens (including phenoxy) is 2. The predicted octanol–water partition coefficient (Wildman–Crippen LogP) is 2.49. The van der Waals surface area contributed by atoms with Gasteiger partial charge in [-0.05, 0) is 42.8 Å². The van der Waals surface area contributed by atoms with Crippen molar-refractivity contribution in [1.29, 1.82) is 0 Å². The van der Waals surface area contributed by atoms with E-state index in [1.54, 1.807) is 18.2 Å². The van der Waals surface area contributed by atoms with Crippen LogP contribution in [0.25, 0.3) is 0 Å². The maximum Gasteiger partial charge on any atom is 0.251 e. The first kappa shape index (κ1) is 13.3. The van der Waals surface area contributed by atoms with E-state index in [9.17, 15) is 4.79 Å². The van der Waals surface area contributed by atoms with E-state index in [0.717, 1.165) is 5.56 Å². The Morgan fingerprint density at radius 1 is 1.14 bits per heavy atom. The molecule has 0 radical (unpaired) electrons. The van der Waals surface area contributed by atoms with Crippen LogP contribution >= 0.6 is 0 Å². The highest BCUT2D eigenvalue weighted by atomic mass is 16.7. The molecule has 1 amide bonds. The second-order valence-electron chi connectivity index (χ2n) is 4.93. The van der Waals surface area contributed by atoms with Gasteiger partial charge in [-0.1, -0.05) is 12.1 Å². The zero-order valence-electron chi connectivity index (χ0n) is 11.6. The van der Waals surface area contributed by atoms with Crippen molar-refractivity contribution in [3.8, 4) is 11.5 Å². The van der Waals surface area contributed by atoms with E-state index in [1.165, 1.54) is 0 Å². The Morgan fingerprint density at radius 2 is 1.86 bits per heavy atom. The predicted molar refractivity (Wildman–Crippen MR) is 79.3 cm³/mol. The Labute approximate surface area is 122 Å². The molecule has 3 rings (SSSR count). The zero-order chi connectivity index (χ0) is 14.8. The number of fused-ring (bicyclic) bond motifs is 1. The van der Waals surface area contributed by atoms with Crippen molar-refractivity contribution in [2.75, 3.05) is 12.5 Å². The van der Waals surface area contributed by atoms with Gasteiger partial charge in [-0.15, -0.1) is 0 Å². The molecule has 5 nitrogen and oxygen atoms in total. The van der Waals surface area contributed by atoms with Crippen molar-refractivity contribution in [2.24, 2.45) is 0 Å². The van der Waals surface area contributed by atoms with E-state index >= 15 is 0 Å². The molecule has 0 aliphatic carbocycles. The van der Waals surface area contributed by atoms with Gasteiger partial charge in [0.1, 0.15) is 0 Å². The lowest BCUT2D eigenvalue weighted by Crippen LogP contribution is -2.26. The molecule has 2 aromatic carbocycles. The first-order valence-electron chi connectivity index (χ1n) is 6.69. The van der Waals surface area contributed by atoms with Crippen LogP contribution in [0.3, 0.4) is 0 Å². The van der Waals surface area contributed by atoms with E-state index in [1.807, 2.05) is 31.2 Å². The molecular formula is C16H16N2O3. The first-order valence-corrected chi connectivity index (χ1v) is 6.69. The number of hydrogen-bond donors (Lipinski definition) is 2. The fourth-order valence-corrected chi connectivity index (χ4v) is 2.19. The molecule has 1 heterocycles. The summed E-state index contributed by atoms with van der Waals surface area (Å²) >= 11 is 0. The Kier molecular flexibility index (Phi) is 3.39. The average Bonchev–Trinajstić information content (AvgIpc) is 2.95. The summed E-state index contributed by atoms with van der Waals surface area (Å²) in [6.07, 6.45) is 0. The van der Waals surface area contributed by atoms with Gasteiger partial charge in [0, 0.05) is 11.3 Å². The molecule has 0 spiro atoms. The lowest BCUT2D eigenvalue weighted by Gasteiger charge is -2.14. The van der Waals surface area contributed by atoms with Gasteiger partial charge < -0.3 is 20.5 Å². The van der Waals surface area contributed by atoms with Gasteiger partial charge in [0.15, 0.2) is 11.5 Å². The Bertz CT molecular complexity index is 668. The van der Waals surface area contributed by atoms with E-state index in [2.05, 4.69) is 5.32 Å². The lowest BCUT2D eigenvalue weighted by atomic mass is 10.1. The minimum Gasteiger partial charge on any atom is -0.454 e. The van der Waals surface area contributed by atoms with Crippen molar-refractivity contribution in [2.45, 2.75) is 13.0 Å². The van der Waals surface area contributed by atoms with Gasteiger partial charge in [0.25, 0.3) is 5.91 Å². The highest BCUT2D eigenvalue weighted by molar-refractivity contribution is 5.95. The summed E-state index contributed by atoms with van der Waals surface area (Å²) in [5.74, 6) is 1.11. The maximum atomic E-state index is 12.3. The summed E-state index contributed by atoms with van der Waals surface area (Å²) in [4.78, 5) is 12.3. The molecule has 1 aliphatic rings. The number of nitrogens with two attached hydrogens (primary N) is 1. The summed E-state index contributed by atoms with van der Waals surface area (Å²) in [5.41, 5.74) is 7.90. The normalized spacial score (nSPS) is 13.8. The molecule has 0 aromatic heterocycles. The molecule has 108 valence electrons. The summed E-state index contributed by atoms with van der Waals surface area (Å²) in [5, 5.41) is 2.95. The van der Waals surface area contributed by atoms with E-state index in [0.29, 0.717) is 22.7 Å². The first-order chi connectivity index (χ1) is 10.1. The molecule has 21 heavy (non-hydrogen) atoms. The average molecular weight is 284 g/mol. The number of carbonyl (C=O) groups is 1. The molecule has 5 heteroatoms. The number of rotatable bonds is 3.